The number of ether oxygens (including phenoxy) is 1. The molecule has 2 aromatic carbocycles. The summed E-state index contributed by atoms with van der Waals surface area (Å²) in [7, 11) is 1.75. The van der Waals surface area contributed by atoms with Gasteiger partial charge in [0.25, 0.3) is 11.8 Å². The van der Waals surface area contributed by atoms with Gasteiger partial charge in [-0.1, -0.05) is 18.2 Å². The number of carbonyl (C=O) groups is 2. The number of hydrogen-bond donors (Lipinski definition) is 3. The molecule has 0 saturated heterocycles. The first kappa shape index (κ1) is 23.2. The third-order valence-electron chi connectivity index (χ3n) is 6.00. The summed E-state index contributed by atoms with van der Waals surface area (Å²) in [6.45, 7) is 3.86. The SMILES string of the molecule is Cc1cc(CNC(=O)c2ncnc3c(NC(C)c4ccc5c(c4)NC(=O)CO5)n(C)nc23)ccc1F. The van der Waals surface area contributed by atoms with E-state index in [2.05, 4.69) is 31.0 Å². The molecular formula is C25H24FN7O3. The van der Waals surface area contributed by atoms with Gasteiger partial charge < -0.3 is 20.7 Å². The minimum atomic E-state index is -0.410. The van der Waals surface area contributed by atoms with Crippen LogP contribution in [0, 0.1) is 12.7 Å². The number of benzene rings is 2. The Morgan fingerprint density at radius 2 is 2.06 bits per heavy atom. The van der Waals surface area contributed by atoms with Crippen molar-refractivity contribution in [3.8, 4) is 5.75 Å². The van der Waals surface area contributed by atoms with Crippen molar-refractivity contribution in [3.05, 3.63) is 70.9 Å². The summed E-state index contributed by atoms with van der Waals surface area (Å²) in [5, 5.41) is 13.5. The zero-order chi connectivity index (χ0) is 25.4. The van der Waals surface area contributed by atoms with Gasteiger partial charge in [-0.3, -0.25) is 14.3 Å². The van der Waals surface area contributed by atoms with Crippen LogP contribution in [0.2, 0.25) is 0 Å². The molecule has 0 aliphatic carbocycles. The summed E-state index contributed by atoms with van der Waals surface area (Å²) in [4.78, 5) is 33.1. The first-order valence-electron chi connectivity index (χ1n) is 11.3. The molecule has 1 unspecified atom stereocenters. The Morgan fingerprint density at radius 1 is 1.22 bits per heavy atom. The van der Waals surface area contributed by atoms with Crippen LogP contribution in [-0.4, -0.2) is 38.2 Å². The van der Waals surface area contributed by atoms with Crippen LogP contribution in [0.4, 0.5) is 15.9 Å². The van der Waals surface area contributed by atoms with Crippen molar-refractivity contribution in [2.24, 2.45) is 7.05 Å². The molecule has 1 aliphatic rings. The molecular weight excluding hydrogens is 465 g/mol. The lowest BCUT2D eigenvalue weighted by molar-refractivity contribution is -0.118. The van der Waals surface area contributed by atoms with Gasteiger partial charge >= 0.3 is 0 Å². The second kappa shape index (κ2) is 9.25. The monoisotopic (exact) mass is 489 g/mol. The van der Waals surface area contributed by atoms with E-state index in [0.29, 0.717) is 33.9 Å². The largest absolute Gasteiger partial charge is 0.482 e. The summed E-state index contributed by atoms with van der Waals surface area (Å²) in [5.41, 5.74) is 3.81. The predicted molar refractivity (Wildman–Crippen MR) is 131 cm³/mol. The number of rotatable bonds is 6. The van der Waals surface area contributed by atoms with Crippen LogP contribution >= 0.6 is 0 Å². The third kappa shape index (κ3) is 4.42. The third-order valence-corrected chi connectivity index (χ3v) is 6.00. The Balaban J connectivity index is 1.37. The van der Waals surface area contributed by atoms with E-state index in [4.69, 9.17) is 4.74 Å². The first-order valence-corrected chi connectivity index (χ1v) is 11.3. The lowest BCUT2D eigenvalue weighted by atomic mass is 10.1. The quantitative estimate of drug-likeness (QED) is 0.380. The van der Waals surface area contributed by atoms with Crippen LogP contribution in [0.5, 0.6) is 5.75 Å². The van der Waals surface area contributed by atoms with E-state index in [1.54, 1.807) is 30.8 Å². The normalized spacial score (nSPS) is 13.5. The molecule has 1 atom stereocenters. The fraction of sp³-hybridized carbons (Fsp3) is 0.240. The van der Waals surface area contributed by atoms with Gasteiger partial charge in [0.05, 0.1) is 11.7 Å². The molecule has 2 aromatic heterocycles. The van der Waals surface area contributed by atoms with E-state index in [1.807, 2.05) is 25.1 Å². The van der Waals surface area contributed by atoms with Crippen molar-refractivity contribution in [3.63, 3.8) is 0 Å². The molecule has 0 bridgehead atoms. The Kier molecular flexibility index (Phi) is 5.96. The summed E-state index contributed by atoms with van der Waals surface area (Å²) in [5.74, 6) is 0.332. The molecule has 10 nitrogen and oxygen atoms in total. The van der Waals surface area contributed by atoms with E-state index in [-0.39, 0.29) is 36.6 Å². The molecule has 3 heterocycles. The molecule has 5 rings (SSSR count). The number of aryl methyl sites for hydroxylation is 2. The van der Waals surface area contributed by atoms with Gasteiger partial charge in [-0.2, -0.15) is 5.10 Å². The second-order valence-electron chi connectivity index (χ2n) is 8.62. The van der Waals surface area contributed by atoms with Gasteiger partial charge in [0, 0.05) is 13.6 Å². The van der Waals surface area contributed by atoms with Crippen molar-refractivity contribution in [2.45, 2.75) is 26.4 Å². The fourth-order valence-electron chi connectivity index (χ4n) is 4.07. The molecule has 11 heteroatoms. The zero-order valence-corrected chi connectivity index (χ0v) is 19.9. The Bertz CT molecular complexity index is 1500. The molecule has 3 N–H and O–H groups in total. The minimum absolute atomic E-state index is 0.000312. The molecule has 184 valence electrons. The number of nitrogens with zero attached hydrogens (tertiary/aromatic N) is 4. The number of carbonyl (C=O) groups excluding carboxylic acids is 2. The summed E-state index contributed by atoms with van der Waals surface area (Å²) in [6.07, 6.45) is 1.32. The smallest absolute Gasteiger partial charge is 0.272 e. The van der Waals surface area contributed by atoms with Gasteiger partial charge in [-0.15, -0.1) is 0 Å². The summed E-state index contributed by atoms with van der Waals surface area (Å²) >= 11 is 0. The maximum atomic E-state index is 13.5. The highest BCUT2D eigenvalue weighted by atomic mass is 19.1. The lowest BCUT2D eigenvalue weighted by Crippen LogP contribution is -2.25. The number of fused-ring (bicyclic) bond motifs is 2. The van der Waals surface area contributed by atoms with Crippen molar-refractivity contribution in [1.29, 1.82) is 0 Å². The lowest BCUT2D eigenvalue weighted by Gasteiger charge is -2.21. The molecule has 4 aromatic rings. The van der Waals surface area contributed by atoms with Crippen molar-refractivity contribution >= 4 is 34.4 Å². The number of halogens is 1. The summed E-state index contributed by atoms with van der Waals surface area (Å²) in [6, 6.07) is 10.1. The van der Waals surface area contributed by atoms with E-state index >= 15 is 0 Å². The van der Waals surface area contributed by atoms with E-state index in [0.717, 1.165) is 11.1 Å². The van der Waals surface area contributed by atoms with Crippen molar-refractivity contribution < 1.29 is 18.7 Å². The average molecular weight is 490 g/mol. The van der Waals surface area contributed by atoms with Crippen molar-refractivity contribution in [2.75, 3.05) is 17.2 Å². The Morgan fingerprint density at radius 3 is 2.86 bits per heavy atom. The number of anilines is 2. The number of hydrogen-bond acceptors (Lipinski definition) is 7. The zero-order valence-electron chi connectivity index (χ0n) is 19.9. The fourth-order valence-corrected chi connectivity index (χ4v) is 4.07. The van der Waals surface area contributed by atoms with Crippen LogP contribution < -0.4 is 20.7 Å². The van der Waals surface area contributed by atoms with Crippen LogP contribution in [0.15, 0.2) is 42.7 Å². The maximum absolute atomic E-state index is 13.5. The summed E-state index contributed by atoms with van der Waals surface area (Å²) < 4.78 is 20.6. The Hall–Kier alpha value is -4.54. The van der Waals surface area contributed by atoms with E-state index < -0.39 is 5.91 Å². The molecule has 1 aliphatic heterocycles. The highest BCUT2D eigenvalue weighted by molar-refractivity contribution is 6.05. The van der Waals surface area contributed by atoms with Gasteiger partial charge in [0.15, 0.2) is 18.1 Å². The predicted octanol–water partition coefficient (Wildman–Crippen LogP) is 3.24. The standard InChI is InChI=1S/C25H24FN7O3/c1-13-8-15(4-6-17(13)26)10-27-25(35)23-21-22(28-12-29-23)24(33(3)32-21)30-14(2)16-5-7-19-18(9-16)31-20(34)11-36-19/h4-9,12,14,30H,10-11H2,1-3H3,(H,27,35)(H,31,34). The molecule has 0 fully saturated rings. The number of amides is 2. The number of nitrogens with one attached hydrogen (secondary N) is 3. The van der Waals surface area contributed by atoms with Gasteiger partial charge in [-0.05, 0) is 48.7 Å². The molecule has 2 amide bonds. The van der Waals surface area contributed by atoms with E-state index in [1.165, 1.54) is 12.4 Å². The highest BCUT2D eigenvalue weighted by Crippen LogP contribution is 2.32. The number of aromatic nitrogens is 4. The van der Waals surface area contributed by atoms with Crippen LogP contribution in [0.25, 0.3) is 11.0 Å². The minimum Gasteiger partial charge on any atom is -0.482 e. The molecule has 0 spiro atoms. The Labute approximate surface area is 205 Å². The maximum Gasteiger partial charge on any atom is 0.272 e. The average Bonchev–Trinajstić information content (AvgIpc) is 3.18. The van der Waals surface area contributed by atoms with E-state index in [9.17, 15) is 14.0 Å². The van der Waals surface area contributed by atoms with Crippen molar-refractivity contribution in [1.82, 2.24) is 25.1 Å². The van der Waals surface area contributed by atoms with Gasteiger partial charge in [-0.25, -0.2) is 14.4 Å². The first-order chi connectivity index (χ1) is 17.3. The van der Waals surface area contributed by atoms with Crippen LogP contribution in [0.1, 0.15) is 40.1 Å². The van der Waals surface area contributed by atoms with Crippen LogP contribution in [-0.2, 0) is 18.4 Å². The van der Waals surface area contributed by atoms with Crippen LogP contribution in [0.3, 0.4) is 0 Å². The molecule has 36 heavy (non-hydrogen) atoms. The van der Waals surface area contributed by atoms with Gasteiger partial charge in [0.2, 0.25) is 0 Å². The topological polar surface area (TPSA) is 123 Å². The molecule has 0 radical (unpaired) electrons. The second-order valence-corrected chi connectivity index (χ2v) is 8.62. The van der Waals surface area contributed by atoms with Gasteiger partial charge in [0.1, 0.15) is 28.9 Å². The molecule has 0 saturated carbocycles. The highest BCUT2D eigenvalue weighted by Gasteiger charge is 2.22.